The number of aliphatic hydroxyl groups excluding tert-OH is 1. The van der Waals surface area contributed by atoms with Crippen LogP contribution < -0.4 is 4.90 Å². The van der Waals surface area contributed by atoms with Gasteiger partial charge in [-0.05, 0) is 31.6 Å². The fraction of sp³-hybridized carbons (Fsp3) is 0.522. The summed E-state index contributed by atoms with van der Waals surface area (Å²) in [5, 5.41) is 14.5. The van der Waals surface area contributed by atoms with Gasteiger partial charge in [0, 0.05) is 58.2 Å². The second kappa shape index (κ2) is 9.71. The number of hydrogen-bond donors (Lipinski definition) is 1. The van der Waals surface area contributed by atoms with Crippen LogP contribution >= 0.6 is 11.6 Å². The van der Waals surface area contributed by atoms with E-state index in [1.54, 1.807) is 19.3 Å². The Kier molecular flexibility index (Phi) is 6.79. The van der Waals surface area contributed by atoms with Gasteiger partial charge in [-0.15, -0.1) is 0 Å². The summed E-state index contributed by atoms with van der Waals surface area (Å²) >= 11 is 6.17. The van der Waals surface area contributed by atoms with Crippen molar-refractivity contribution in [2.45, 2.75) is 38.6 Å². The van der Waals surface area contributed by atoms with E-state index >= 15 is 0 Å². The highest BCUT2D eigenvalue weighted by atomic mass is 35.5. The van der Waals surface area contributed by atoms with Crippen LogP contribution in [0.15, 0.2) is 24.7 Å². The van der Waals surface area contributed by atoms with Crippen LogP contribution in [0.2, 0.25) is 5.15 Å². The van der Waals surface area contributed by atoms with Gasteiger partial charge in [0.1, 0.15) is 5.15 Å². The molecule has 2 aromatic rings. The van der Waals surface area contributed by atoms with E-state index in [9.17, 15) is 9.90 Å². The van der Waals surface area contributed by atoms with E-state index in [0.717, 1.165) is 68.7 Å². The molecule has 0 aliphatic carbocycles. The Morgan fingerprint density at radius 2 is 2.03 bits per heavy atom. The number of carbonyl (C=O) groups is 1. The maximum Gasteiger partial charge on any atom is 0.219 e. The molecule has 4 heterocycles. The lowest BCUT2D eigenvalue weighted by molar-refractivity contribution is -0.130. The number of likely N-dealkylation sites (tertiary alicyclic amines) is 1. The smallest absolute Gasteiger partial charge is 0.219 e. The van der Waals surface area contributed by atoms with Crippen molar-refractivity contribution in [3.05, 3.63) is 40.9 Å². The molecule has 8 heteroatoms. The van der Waals surface area contributed by atoms with Crippen molar-refractivity contribution in [2.75, 3.05) is 37.7 Å². The summed E-state index contributed by atoms with van der Waals surface area (Å²) in [4.78, 5) is 19.9. The molecule has 1 atom stereocenters. The van der Waals surface area contributed by atoms with E-state index in [1.807, 2.05) is 21.8 Å². The number of amides is 1. The number of carbonyl (C=O) groups excluding carboxylic acids is 1. The zero-order valence-corrected chi connectivity index (χ0v) is 18.6. The van der Waals surface area contributed by atoms with Crippen LogP contribution in [0, 0.1) is 17.8 Å². The monoisotopic (exact) mass is 441 g/mol. The largest absolute Gasteiger partial charge is 0.396 e. The van der Waals surface area contributed by atoms with E-state index < -0.39 is 0 Å². The third-order valence-electron chi connectivity index (χ3n) is 6.19. The van der Waals surface area contributed by atoms with Crippen molar-refractivity contribution in [3.63, 3.8) is 0 Å². The first-order chi connectivity index (χ1) is 15.0. The van der Waals surface area contributed by atoms with Gasteiger partial charge in [-0.2, -0.15) is 5.10 Å². The number of rotatable bonds is 3. The fourth-order valence-corrected chi connectivity index (χ4v) is 4.55. The first kappa shape index (κ1) is 21.7. The maximum absolute atomic E-state index is 11.5. The Balaban J connectivity index is 1.49. The van der Waals surface area contributed by atoms with E-state index in [-0.39, 0.29) is 18.4 Å². The van der Waals surface area contributed by atoms with Crippen molar-refractivity contribution in [2.24, 2.45) is 5.92 Å². The number of aromatic nitrogens is 3. The van der Waals surface area contributed by atoms with Crippen molar-refractivity contribution < 1.29 is 9.90 Å². The summed E-state index contributed by atoms with van der Waals surface area (Å²) in [5.74, 6) is 6.87. The summed E-state index contributed by atoms with van der Waals surface area (Å²) in [6.07, 6.45) is 9.36. The van der Waals surface area contributed by atoms with Crippen LogP contribution in [0.1, 0.15) is 49.8 Å². The Labute approximate surface area is 188 Å². The molecule has 1 N–H and O–H groups in total. The fourth-order valence-electron chi connectivity index (χ4n) is 4.40. The molecule has 2 fully saturated rings. The van der Waals surface area contributed by atoms with Gasteiger partial charge in [0.25, 0.3) is 0 Å². The van der Waals surface area contributed by atoms with Gasteiger partial charge in [-0.1, -0.05) is 23.4 Å². The second-order valence-electron chi connectivity index (χ2n) is 8.36. The average Bonchev–Trinajstić information content (AvgIpc) is 3.27. The molecule has 0 radical (unpaired) electrons. The Hall–Kier alpha value is -2.56. The third-order valence-corrected chi connectivity index (χ3v) is 6.40. The van der Waals surface area contributed by atoms with Gasteiger partial charge < -0.3 is 14.9 Å². The van der Waals surface area contributed by atoms with Crippen LogP contribution in [0.4, 0.5) is 5.69 Å². The molecule has 2 aliphatic heterocycles. The van der Waals surface area contributed by atoms with Crippen LogP contribution in [-0.4, -0.2) is 63.5 Å². The van der Waals surface area contributed by atoms with Crippen LogP contribution in [0.3, 0.4) is 0 Å². The van der Waals surface area contributed by atoms with Crippen molar-refractivity contribution in [3.8, 4) is 11.8 Å². The highest BCUT2D eigenvalue weighted by Crippen LogP contribution is 2.28. The molecule has 0 aromatic carbocycles. The molecule has 2 aliphatic rings. The molecule has 0 saturated carbocycles. The van der Waals surface area contributed by atoms with Crippen LogP contribution in [0.25, 0.3) is 0 Å². The number of halogens is 1. The molecule has 0 bridgehead atoms. The van der Waals surface area contributed by atoms with Gasteiger partial charge >= 0.3 is 0 Å². The normalized spacial score (nSPS) is 19.8. The lowest BCUT2D eigenvalue weighted by atomic mass is 9.98. The predicted molar refractivity (Wildman–Crippen MR) is 120 cm³/mol. The van der Waals surface area contributed by atoms with E-state index in [1.165, 1.54) is 0 Å². The highest BCUT2D eigenvalue weighted by Gasteiger charge is 2.23. The topological polar surface area (TPSA) is 74.5 Å². The van der Waals surface area contributed by atoms with Crippen molar-refractivity contribution in [1.29, 1.82) is 0 Å². The summed E-state index contributed by atoms with van der Waals surface area (Å²) < 4.78 is 1.97. The standard InChI is InChI=1S/C23H28ClN5O2/c1-17(31)27-9-6-21(7-10-27)29-15-18(12-26-29)4-5-20-13-25-23(24)11-22(20)28-8-2-3-19(14-28)16-30/h11-13,15,19,21,30H,2-3,6-10,14,16H2,1H3. The molecule has 1 amide bonds. The first-order valence-electron chi connectivity index (χ1n) is 10.9. The molecular weight excluding hydrogens is 414 g/mol. The Morgan fingerprint density at radius 3 is 2.77 bits per heavy atom. The van der Waals surface area contributed by atoms with E-state index in [0.29, 0.717) is 11.2 Å². The molecule has 2 aromatic heterocycles. The number of hydrogen-bond acceptors (Lipinski definition) is 5. The first-order valence-corrected chi connectivity index (χ1v) is 11.2. The molecule has 1 unspecified atom stereocenters. The molecule has 0 spiro atoms. The molecule has 2 saturated heterocycles. The van der Waals surface area contributed by atoms with Crippen molar-refractivity contribution in [1.82, 2.24) is 19.7 Å². The van der Waals surface area contributed by atoms with E-state index in [4.69, 9.17) is 11.6 Å². The molecule has 164 valence electrons. The molecule has 7 nitrogen and oxygen atoms in total. The SMILES string of the molecule is CC(=O)N1CCC(n2cc(C#Cc3cnc(Cl)cc3N3CCCC(CO)C3)cn2)CC1. The molecule has 31 heavy (non-hydrogen) atoms. The van der Waals surface area contributed by atoms with Gasteiger partial charge in [-0.3, -0.25) is 9.48 Å². The molecular formula is C23H28ClN5O2. The summed E-state index contributed by atoms with van der Waals surface area (Å²) in [7, 11) is 0. The van der Waals surface area contributed by atoms with Gasteiger partial charge in [0.15, 0.2) is 0 Å². The zero-order chi connectivity index (χ0) is 21.8. The Morgan fingerprint density at radius 1 is 1.23 bits per heavy atom. The number of piperidine rings is 2. The average molecular weight is 442 g/mol. The van der Waals surface area contributed by atoms with E-state index in [2.05, 4.69) is 26.8 Å². The summed E-state index contributed by atoms with van der Waals surface area (Å²) in [6, 6.07) is 2.15. The van der Waals surface area contributed by atoms with Gasteiger partial charge in [0.05, 0.1) is 29.1 Å². The quantitative estimate of drug-likeness (QED) is 0.585. The van der Waals surface area contributed by atoms with Gasteiger partial charge in [-0.25, -0.2) is 4.98 Å². The maximum atomic E-state index is 11.5. The van der Waals surface area contributed by atoms with Crippen molar-refractivity contribution >= 4 is 23.2 Å². The second-order valence-corrected chi connectivity index (χ2v) is 8.74. The number of aliphatic hydroxyl groups is 1. The summed E-state index contributed by atoms with van der Waals surface area (Å²) in [5.41, 5.74) is 2.64. The third kappa shape index (κ3) is 5.20. The minimum atomic E-state index is 0.136. The van der Waals surface area contributed by atoms with Crippen LogP contribution in [0.5, 0.6) is 0 Å². The minimum Gasteiger partial charge on any atom is -0.396 e. The highest BCUT2D eigenvalue weighted by molar-refractivity contribution is 6.29. The molecule has 4 rings (SSSR count). The predicted octanol–water partition coefficient (Wildman–Crippen LogP) is 2.72. The summed E-state index contributed by atoms with van der Waals surface area (Å²) in [6.45, 7) is 5.07. The number of pyridine rings is 1. The lowest BCUT2D eigenvalue weighted by Gasteiger charge is -2.34. The zero-order valence-electron chi connectivity index (χ0n) is 17.8. The Bertz CT molecular complexity index is 987. The van der Waals surface area contributed by atoms with Crippen LogP contribution in [-0.2, 0) is 4.79 Å². The minimum absolute atomic E-state index is 0.136. The number of anilines is 1. The lowest BCUT2D eigenvalue weighted by Crippen LogP contribution is -2.37. The van der Waals surface area contributed by atoms with Gasteiger partial charge in [0.2, 0.25) is 5.91 Å². The number of nitrogens with zero attached hydrogens (tertiary/aromatic N) is 5.